The molecule has 1 atom stereocenters. The Morgan fingerprint density at radius 1 is 0.958 bits per heavy atom. The van der Waals surface area contributed by atoms with Gasteiger partial charge in [-0.25, -0.2) is 0 Å². The van der Waals surface area contributed by atoms with E-state index < -0.39 is 11.3 Å². The molecule has 0 saturated carbocycles. The second kappa shape index (κ2) is 4.58. The van der Waals surface area contributed by atoms with Crippen LogP contribution in [0.15, 0.2) is 48.5 Å². The molecule has 1 spiro atoms. The zero-order valence-electron chi connectivity index (χ0n) is 13.7. The first-order chi connectivity index (χ1) is 11.6. The van der Waals surface area contributed by atoms with Crippen LogP contribution in [-0.4, -0.2) is 23.1 Å². The lowest BCUT2D eigenvalue weighted by molar-refractivity contribution is -0.138. The van der Waals surface area contributed by atoms with Gasteiger partial charge in [-0.15, -0.1) is 0 Å². The minimum Gasteiger partial charge on any atom is -0.338 e. The van der Waals surface area contributed by atoms with Crippen LogP contribution in [0.2, 0.25) is 0 Å². The van der Waals surface area contributed by atoms with E-state index in [2.05, 4.69) is 67.6 Å². The molecule has 3 nitrogen and oxygen atoms in total. The highest BCUT2D eigenvalue weighted by atomic mass is 16.6. The van der Waals surface area contributed by atoms with Crippen molar-refractivity contribution < 1.29 is 9.53 Å². The van der Waals surface area contributed by atoms with E-state index in [-0.39, 0.29) is 5.91 Å². The number of carbonyl (C=O) groups excluding carboxylic acids is 1. The first kappa shape index (κ1) is 14.0. The highest BCUT2D eigenvalue weighted by Crippen LogP contribution is 2.52. The Bertz CT molecular complexity index is 835. The second-order valence-corrected chi connectivity index (χ2v) is 7.09. The summed E-state index contributed by atoms with van der Waals surface area (Å²) in [6.45, 7) is 2.63. The highest BCUT2D eigenvalue weighted by Gasteiger charge is 2.59. The van der Waals surface area contributed by atoms with Gasteiger partial charge in [-0.1, -0.05) is 60.7 Å². The first-order valence-electron chi connectivity index (χ1n) is 8.50. The number of nitrogens with zero attached hydrogens (tertiary/aromatic N) is 1. The van der Waals surface area contributed by atoms with Gasteiger partial charge in [-0.3, -0.25) is 4.79 Å². The Kier molecular flexibility index (Phi) is 2.67. The van der Waals surface area contributed by atoms with Crippen LogP contribution in [0.1, 0.15) is 42.0 Å². The molecule has 5 rings (SSSR count). The Hall–Kier alpha value is -2.39. The number of hydrogen-bond acceptors (Lipinski definition) is 2. The molecule has 2 heterocycles. The van der Waals surface area contributed by atoms with Gasteiger partial charge in [0.15, 0.2) is 0 Å². The fourth-order valence-corrected chi connectivity index (χ4v) is 4.49. The van der Waals surface area contributed by atoms with E-state index in [1.807, 2.05) is 4.90 Å². The molecular formula is C21H19NO2. The van der Waals surface area contributed by atoms with Crippen molar-refractivity contribution >= 4 is 18.1 Å². The van der Waals surface area contributed by atoms with Crippen molar-refractivity contribution in [3.8, 4) is 0 Å². The molecule has 0 aromatic heterocycles. The average Bonchev–Trinajstić information content (AvgIpc) is 3.01. The molecule has 0 bridgehead atoms. The van der Waals surface area contributed by atoms with Crippen LogP contribution in [0.25, 0.3) is 12.2 Å². The van der Waals surface area contributed by atoms with E-state index in [0.717, 1.165) is 28.7 Å². The Morgan fingerprint density at radius 3 is 2.12 bits per heavy atom. The van der Waals surface area contributed by atoms with Gasteiger partial charge in [0.1, 0.15) is 11.3 Å². The molecule has 24 heavy (non-hydrogen) atoms. The Morgan fingerprint density at radius 2 is 1.54 bits per heavy atom. The molecule has 1 aliphatic carbocycles. The van der Waals surface area contributed by atoms with Gasteiger partial charge in [0, 0.05) is 12.8 Å². The van der Waals surface area contributed by atoms with Crippen molar-refractivity contribution in [1.29, 1.82) is 0 Å². The van der Waals surface area contributed by atoms with Crippen LogP contribution in [0.4, 0.5) is 0 Å². The fourth-order valence-electron chi connectivity index (χ4n) is 4.49. The summed E-state index contributed by atoms with van der Waals surface area (Å²) < 4.78 is 6.77. The summed E-state index contributed by atoms with van der Waals surface area (Å²) in [6, 6.07) is 16.7. The zero-order chi connectivity index (χ0) is 16.4. The lowest BCUT2D eigenvalue weighted by Gasteiger charge is -2.33. The zero-order valence-corrected chi connectivity index (χ0v) is 13.7. The van der Waals surface area contributed by atoms with E-state index in [1.54, 1.807) is 0 Å². The maximum absolute atomic E-state index is 12.4. The van der Waals surface area contributed by atoms with Crippen molar-refractivity contribution in [2.75, 3.05) is 6.54 Å². The van der Waals surface area contributed by atoms with Gasteiger partial charge in [0.05, 0.1) is 6.54 Å². The summed E-state index contributed by atoms with van der Waals surface area (Å²) in [5, 5.41) is 0. The van der Waals surface area contributed by atoms with E-state index in [4.69, 9.17) is 4.74 Å². The molecular weight excluding hydrogens is 298 g/mol. The number of ether oxygens (including phenoxy) is 1. The van der Waals surface area contributed by atoms with E-state index in [1.165, 1.54) is 0 Å². The first-order valence-corrected chi connectivity index (χ1v) is 8.50. The largest absolute Gasteiger partial charge is 0.338 e. The molecule has 2 aromatic carbocycles. The SMILES string of the molecule is CC12CCC(=O)N1CC1(O2)c2ccccc2C=Cc2ccccc21. The van der Waals surface area contributed by atoms with Gasteiger partial charge in [-0.05, 0) is 29.2 Å². The molecule has 3 aliphatic rings. The van der Waals surface area contributed by atoms with Gasteiger partial charge in [0.25, 0.3) is 0 Å². The molecule has 2 fully saturated rings. The van der Waals surface area contributed by atoms with Crippen molar-refractivity contribution in [2.24, 2.45) is 0 Å². The smallest absolute Gasteiger partial charge is 0.225 e. The maximum Gasteiger partial charge on any atom is 0.225 e. The number of fused-ring (bicyclic) bond motifs is 5. The van der Waals surface area contributed by atoms with Gasteiger partial charge < -0.3 is 9.64 Å². The molecule has 2 aromatic rings. The Labute approximate surface area is 141 Å². The lowest BCUT2D eigenvalue weighted by atomic mass is 9.83. The van der Waals surface area contributed by atoms with Crippen molar-refractivity contribution in [3.05, 3.63) is 70.8 Å². The summed E-state index contributed by atoms with van der Waals surface area (Å²) in [5.41, 5.74) is 3.50. The summed E-state index contributed by atoms with van der Waals surface area (Å²) in [6.07, 6.45) is 5.64. The number of hydrogen-bond donors (Lipinski definition) is 0. The molecule has 2 saturated heterocycles. The van der Waals surface area contributed by atoms with Crippen LogP contribution in [0.3, 0.4) is 0 Å². The third kappa shape index (κ3) is 1.68. The van der Waals surface area contributed by atoms with Gasteiger partial charge >= 0.3 is 0 Å². The maximum atomic E-state index is 12.4. The molecule has 0 N–H and O–H groups in total. The number of benzene rings is 2. The van der Waals surface area contributed by atoms with Gasteiger partial charge in [-0.2, -0.15) is 0 Å². The fraction of sp³-hybridized carbons (Fsp3) is 0.286. The monoisotopic (exact) mass is 317 g/mol. The van der Waals surface area contributed by atoms with Crippen molar-refractivity contribution in [3.63, 3.8) is 0 Å². The summed E-state index contributed by atoms with van der Waals surface area (Å²) in [5.74, 6) is 0.196. The highest BCUT2D eigenvalue weighted by molar-refractivity contribution is 5.82. The summed E-state index contributed by atoms with van der Waals surface area (Å²) in [4.78, 5) is 14.4. The number of amides is 1. The molecule has 1 amide bonds. The van der Waals surface area contributed by atoms with Gasteiger partial charge in [0.2, 0.25) is 5.91 Å². The van der Waals surface area contributed by atoms with E-state index in [0.29, 0.717) is 13.0 Å². The Balaban J connectivity index is 1.80. The molecule has 120 valence electrons. The second-order valence-electron chi connectivity index (χ2n) is 7.09. The number of rotatable bonds is 0. The predicted molar refractivity (Wildman–Crippen MR) is 93.0 cm³/mol. The van der Waals surface area contributed by atoms with Crippen molar-refractivity contribution in [1.82, 2.24) is 4.90 Å². The summed E-state index contributed by atoms with van der Waals surface area (Å²) >= 11 is 0. The molecule has 3 heteroatoms. The molecule has 1 unspecified atom stereocenters. The third-order valence-corrected chi connectivity index (χ3v) is 5.68. The molecule has 0 radical (unpaired) electrons. The lowest BCUT2D eigenvalue weighted by Crippen LogP contribution is -2.38. The van der Waals surface area contributed by atoms with Crippen LogP contribution >= 0.6 is 0 Å². The predicted octanol–water partition coefficient (Wildman–Crippen LogP) is 3.78. The van der Waals surface area contributed by atoms with Crippen molar-refractivity contribution in [2.45, 2.75) is 31.1 Å². The topological polar surface area (TPSA) is 29.5 Å². The minimum absolute atomic E-state index is 0.196. The van der Waals surface area contributed by atoms with Crippen LogP contribution < -0.4 is 0 Å². The quantitative estimate of drug-likeness (QED) is 0.740. The normalized spacial score (nSPS) is 26.2. The van der Waals surface area contributed by atoms with E-state index in [9.17, 15) is 4.79 Å². The van der Waals surface area contributed by atoms with E-state index >= 15 is 0 Å². The molecule has 2 aliphatic heterocycles. The average molecular weight is 317 g/mol. The van der Waals surface area contributed by atoms with Crippen LogP contribution in [-0.2, 0) is 15.1 Å². The third-order valence-electron chi connectivity index (χ3n) is 5.68. The number of carbonyl (C=O) groups is 1. The van der Waals surface area contributed by atoms with Crippen LogP contribution in [0, 0.1) is 0 Å². The standard InChI is InChI=1S/C21H19NO2/c1-20-13-12-19(23)22(20)14-21(24-20)17-8-4-2-6-15(17)10-11-16-7-3-5-9-18(16)21/h2-11H,12-14H2,1H3. The van der Waals surface area contributed by atoms with Crippen LogP contribution in [0.5, 0.6) is 0 Å². The minimum atomic E-state index is -0.596. The summed E-state index contributed by atoms with van der Waals surface area (Å²) in [7, 11) is 0.